The van der Waals surface area contributed by atoms with Crippen LogP contribution in [0.25, 0.3) is 0 Å². The number of nitrogens with zero attached hydrogens (tertiary/aromatic N) is 1. The number of methoxy groups -OCH3 is 1. The zero-order chi connectivity index (χ0) is 20.2. The summed E-state index contributed by atoms with van der Waals surface area (Å²) in [5.41, 5.74) is 3.03. The minimum absolute atomic E-state index is 0.329. The molecule has 2 rings (SSSR count). The Morgan fingerprint density at radius 3 is 2.30 bits per heavy atom. The summed E-state index contributed by atoms with van der Waals surface area (Å²) < 4.78 is 31.2. The highest BCUT2D eigenvalue weighted by atomic mass is 32.2. The monoisotopic (exact) mass is 390 g/mol. The molecule has 0 aliphatic rings. The van der Waals surface area contributed by atoms with E-state index >= 15 is 0 Å². The normalized spacial score (nSPS) is 12.3. The molecule has 0 unspecified atom stereocenters. The number of nitrogens with one attached hydrogen (secondary N) is 1. The average molecular weight is 391 g/mol. The molecule has 0 saturated carbocycles. The number of benzene rings is 2. The summed E-state index contributed by atoms with van der Waals surface area (Å²) in [4.78, 5) is 12.9. The van der Waals surface area contributed by atoms with Crippen LogP contribution in [0.15, 0.2) is 42.5 Å². The van der Waals surface area contributed by atoms with Gasteiger partial charge in [0, 0.05) is 5.69 Å². The number of anilines is 2. The highest BCUT2D eigenvalue weighted by Crippen LogP contribution is 2.26. The zero-order valence-electron chi connectivity index (χ0n) is 16.3. The molecule has 0 aliphatic heterocycles. The first-order valence-electron chi connectivity index (χ1n) is 8.69. The van der Waals surface area contributed by atoms with Crippen molar-refractivity contribution >= 4 is 27.3 Å². The smallest absolute Gasteiger partial charge is 0.248 e. The standard InChI is InChI=1S/C20H26N2O4S/c1-6-19(20(23)21-18-13-14(2)7-8-15(18)3)22(27(5,24)25)16-9-11-17(26-4)12-10-16/h7-13,19H,6H2,1-5H3,(H,21,23)/t19-/m0/s1. The molecule has 0 saturated heterocycles. The molecule has 0 spiro atoms. The van der Waals surface area contributed by atoms with E-state index in [2.05, 4.69) is 5.32 Å². The summed E-state index contributed by atoms with van der Waals surface area (Å²) in [6.07, 6.45) is 1.43. The van der Waals surface area contributed by atoms with Crippen molar-refractivity contribution in [1.82, 2.24) is 0 Å². The van der Waals surface area contributed by atoms with E-state index in [9.17, 15) is 13.2 Å². The number of sulfonamides is 1. The van der Waals surface area contributed by atoms with Crippen LogP contribution in [0.2, 0.25) is 0 Å². The summed E-state index contributed by atoms with van der Waals surface area (Å²) in [7, 11) is -2.14. The van der Waals surface area contributed by atoms with Crippen molar-refractivity contribution in [3.63, 3.8) is 0 Å². The van der Waals surface area contributed by atoms with Gasteiger partial charge in [-0.3, -0.25) is 9.10 Å². The third-order valence-electron chi connectivity index (χ3n) is 4.31. The molecule has 27 heavy (non-hydrogen) atoms. The van der Waals surface area contributed by atoms with Crippen molar-refractivity contribution in [2.24, 2.45) is 0 Å². The maximum absolute atomic E-state index is 12.9. The summed E-state index contributed by atoms with van der Waals surface area (Å²) in [6, 6.07) is 11.5. The first-order valence-corrected chi connectivity index (χ1v) is 10.5. The van der Waals surface area contributed by atoms with Crippen LogP contribution in [0, 0.1) is 13.8 Å². The molecule has 2 aromatic rings. The van der Waals surface area contributed by atoms with Crippen LogP contribution in [0.3, 0.4) is 0 Å². The van der Waals surface area contributed by atoms with Crippen LogP contribution >= 0.6 is 0 Å². The van der Waals surface area contributed by atoms with Gasteiger partial charge in [-0.1, -0.05) is 19.1 Å². The molecule has 1 amide bonds. The van der Waals surface area contributed by atoms with E-state index in [1.54, 1.807) is 31.2 Å². The van der Waals surface area contributed by atoms with Crippen molar-refractivity contribution in [2.75, 3.05) is 23.0 Å². The van der Waals surface area contributed by atoms with Gasteiger partial charge in [0.1, 0.15) is 11.8 Å². The van der Waals surface area contributed by atoms with Gasteiger partial charge in [0.15, 0.2) is 0 Å². The predicted molar refractivity (Wildman–Crippen MR) is 109 cm³/mol. The van der Waals surface area contributed by atoms with Crippen molar-refractivity contribution in [3.8, 4) is 5.75 Å². The summed E-state index contributed by atoms with van der Waals surface area (Å²) >= 11 is 0. The molecule has 7 heteroatoms. The third-order valence-corrected chi connectivity index (χ3v) is 5.49. The van der Waals surface area contributed by atoms with Gasteiger partial charge in [0.05, 0.1) is 19.1 Å². The molecule has 0 aliphatic carbocycles. The Hall–Kier alpha value is -2.54. The molecular formula is C20H26N2O4S. The molecule has 146 valence electrons. The number of hydrogen-bond donors (Lipinski definition) is 1. The van der Waals surface area contributed by atoms with E-state index in [4.69, 9.17) is 4.74 Å². The van der Waals surface area contributed by atoms with Crippen molar-refractivity contribution in [1.29, 1.82) is 0 Å². The Labute approximate surface area is 161 Å². The van der Waals surface area contributed by atoms with Crippen LogP contribution in [0.1, 0.15) is 24.5 Å². The van der Waals surface area contributed by atoms with Gasteiger partial charge in [0.25, 0.3) is 0 Å². The number of hydrogen-bond acceptors (Lipinski definition) is 4. The molecular weight excluding hydrogens is 364 g/mol. The molecule has 0 heterocycles. The van der Waals surface area contributed by atoms with E-state index in [1.165, 1.54) is 7.11 Å². The van der Waals surface area contributed by atoms with Gasteiger partial charge in [-0.15, -0.1) is 0 Å². The van der Waals surface area contributed by atoms with Crippen LogP contribution < -0.4 is 14.4 Å². The Bertz CT molecular complexity index is 908. The first-order chi connectivity index (χ1) is 12.7. The maximum Gasteiger partial charge on any atom is 0.248 e. The summed E-state index contributed by atoms with van der Waals surface area (Å²) in [6.45, 7) is 5.62. The van der Waals surface area contributed by atoms with E-state index in [0.717, 1.165) is 21.7 Å². The highest BCUT2D eigenvalue weighted by molar-refractivity contribution is 7.92. The minimum Gasteiger partial charge on any atom is -0.497 e. The second-order valence-electron chi connectivity index (χ2n) is 6.49. The van der Waals surface area contributed by atoms with Gasteiger partial charge in [-0.25, -0.2) is 8.42 Å². The third kappa shape index (κ3) is 5.01. The minimum atomic E-state index is -3.67. The molecule has 1 N–H and O–H groups in total. The largest absolute Gasteiger partial charge is 0.497 e. The second kappa shape index (κ2) is 8.43. The zero-order valence-corrected chi connectivity index (χ0v) is 17.1. The lowest BCUT2D eigenvalue weighted by molar-refractivity contribution is -0.117. The quantitative estimate of drug-likeness (QED) is 0.785. The Balaban J connectivity index is 2.39. The van der Waals surface area contributed by atoms with Gasteiger partial charge in [-0.2, -0.15) is 0 Å². The van der Waals surface area contributed by atoms with E-state index in [0.29, 0.717) is 23.5 Å². The SMILES string of the molecule is CC[C@@H](C(=O)Nc1cc(C)ccc1C)N(c1ccc(OC)cc1)S(C)(=O)=O. The Morgan fingerprint density at radius 2 is 1.78 bits per heavy atom. The fourth-order valence-corrected chi connectivity index (χ4v) is 4.09. The molecule has 6 nitrogen and oxygen atoms in total. The van der Waals surface area contributed by atoms with Crippen molar-refractivity contribution in [3.05, 3.63) is 53.6 Å². The van der Waals surface area contributed by atoms with Crippen LogP contribution in [-0.2, 0) is 14.8 Å². The van der Waals surface area contributed by atoms with Gasteiger partial charge < -0.3 is 10.1 Å². The lowest BCUT2D eigenvalue weighted by Gasteiger charge is -2.30. The summed E-state index contributed by atoms with van der Waals surface area (Å²) in [5, 5.41) is 2.88. The van der Waals surface area contributed by atoms with Crippen LogP contribution in [-0.4, -0.2) is 33.7 Å². The predicted octanol–water partition coefficient (Wildman–Crippen LogP) is 3.50. The Morgan fingerprint density at radius 1 is 1.15 bits per heavy atom. The van der Waals surface area contributed by atoms with E-state index in [1.807, 2.05) is 32.0 Å². The van der Waals surface area contributed by atoms with Gasteiger partial charge in [0.2, 0.25) is 15.9 Å². The lowest BCUT2D eigenvalue weighted by atomic mass is 10.1. The van der Waals surface area contributed by atoms with E-state index < -0.39 is 16.1 Å². The number of carbonyl (C=O) groups is 1. The topological polar surface area (TPSA) is 75.7 Å². The maximum atomic E-state index is 12.9. The number of rotatable bonds is 7. The number of carbonyl (C=O) groups excluding carboxylic acids is 1. The number of aryl methyl sites for hydroxylation is 2. The van der Waals surface area contributed by atoms with Crippen LogP contribution in [0.5, 0.6) is 5.75 Å². The number of amides is 1. The van der Waals surface area contributed by atoms with Crippen molar-refractivity contribution < 1.29 is 17.9 Å². The van der Waals surface area contributed by atoms with Gasteiger partial charge in [-0.05, 0) is 61.7 Å². The van der Waals surface area contributed by atoms with E-state index in [-0.39, 0.29) is 5.91 Å². The fraction of sp³-hybridized carbons (Fsp3) is 0.350. The summed E-state index contributed by atoms with van der Waals surface area (Å²) in [5.74, 6) is 0.243. The second-order valence-corrected chi connectivity index (χ2v) is 8.35. The highest BCUT2D eigenvalue weighted by Gasteiger charge is 2.31. The lowest BCUT2D eigenvalue weighted by Crippen LogP contribution is -2.47. The molecule has 1 atom stereocenters. The van der Waals surface area contributed by atoms with Crippen LogP contribution in [0.4, 0.5) is 11.4 Å². The molecule has 2 aromatic carbocycles. The van der Waals surface area contributed by atoms with Crippen molar-refractivity contribution in [2.45, 2.75) is 33.2 Å². The molecule has 0 fully saturated rings. The molecule has 0 bridgehead atoms. The Kier molecular flexibility index (Phi) is 6.49. The fourth-order valence-electron chi connectivity index (χ4n) is 2.88. The molecule has 0 radical (unpaired) electrons. The molecule has 0 aromatic heterocycles. The van der Waals surface area contributed by atoms with Gasteiger partial charge >= 0.3 is 0 Å². The number of ether oxygens (including phenoxy) is 1. The first kappa shape index (κ1) is 20.8. The average Bonchev–Trinajstić information content (AvgIpc) is 2.61.